The van der Waals surface area contributed by atoms with Gasteiger partial charge in [-0.15, -0.1) is 0 Å². The van der Waals surface area contributed by atoms with E-state index in [2.05, 4.69) is 0 Å². The molecule has 1 aromatic carbocycles. The summed E-state index contributed by atoms with van der Waals surface area (Å²) in [5, 5.41) is 0.259. The van der Waals surface area contributed by atoms with E-state index in [4.69, 9.17) is 17.3 Å². The van der Waals surface area contributed by atoms with Crippen molar-refractivity contribution in [2.45, 2.75) is 31.7 Å². The summed E-state index contributed by atoms with van der Waals surface area (Å²) in [5.74, 6) is -0.604. The average molecular weight is 368 g/mol. The predicted molar refractivity (Wildman–Crippen MR) is 93.8 cm³/mol. The third-order valence-electron chi connectivity index (χ3n) is 5.24. The van der Waals surface area contributed by atoms with Crippen molar-refractivity contribution in [3.63, 3.8) is 0 Å². The Hall–Kier alpha value is -1.66. The van der Waals surface area contributed by atoms with Crippen LogP contribution in [-0.2, 0) is 4.79 Å². The Morgan fingerprint density at radius 2 is 1.84 bits per heavy atom. The number of carbonyl (C=O) groups is 2. The fourth-order valence-corrected chi connectivity index (χ4v) is 3.82. The quantitative estimate of drug-likeness (QED) is 0.891. The Kier molecular flexibility index (Phi) is 5.59. The molecule has 3 rings (SSSR count). The number of hydrogen-bond acceptors (Lipinski definition) is 3. The molecule has 0 radical (unpaired) electrons. The summed E-state index contributed by atoms with van der Waals surface area (Å²) in [6.07, 6.45) is 3.59. The molecule has 2 fully saturated rings. The number of nitrogens with two attached hydrogens (primary N) is 1. The van der Waals surface area contributed by atoms with Crippen molar-refractivity contribution in [1.82, 2.24) is 9.80 Å². The molecule has 2 aliphatic rings. The maximum Gasteiger partial charge on any atom is 0.256 e. The number of halogens is 2. The van der Waals surface area contributed by atoms with E-state index in [9.17, 15) is 14.0 Å². The molecule has 5 nitrogen and oxygen atoms in total. The average Bonchev–Trinajstić information content (AvgIpc) is 2.99. The van der Waals surface area contributed by atoms with E-state index < -0.39 is 5.82 Å². The molecule has 2 amide bonds. The number of nitrogens with zero attached hydrogens (tertiary/aromatic N) is 2. The molecule has 1 saturated carbocycles. The van der Waals surface area contributed by atoms with Crippen molar-refractivity contribution < 1.29 is 14.0 Å². The first-order valence-corrected chi connectivity index (χ1v) is 9.11. The van der Waals surface area contributed by atoms with Crippen LogP contribution in [0.3, 0.4) is 0 Å². The zero-order valence-corrected chi connectivity index (χ0v) is 14.8. The van der Waals surface area contributed by atoms with Gasteiger partial charge in [0.05, 0.1) is 5.56 Å². The van der Waals surface area contributed by atoms with E-state index in [0.717, 1.165) is 25.3 Å². The molecule has 0 bridgehead atoms. The molecule has 1 aliphatic carbocycles. The molecule has 0 unspecified atom stereocenters. The van der Waals surface area contributed by atoms with Gasteiger partial charge in [0.25, 0.3) is 5.91 Å². The largest absolute Gasteiger partial charge is 0.339 e. The topological polar surface area (TPSA) is 66.6 Å². The number of carbonyl (C=O) groups excluding carboxylic acids is 2. The van der Waals surface area contributed by atoms with E-state index in [0.29, 0.717) is 32.6 Å². The van der Waals surface area contributed by atoms with Crippen LogP contribution in [0, 0.1) is 11.7 Å². The fourth-order valence-electron chi connectivity index (χ4n) is 3.66. The Bertz CT molecular complexity index is 662. The van der Waals surface area contributed by atoms with Gasteiger partial charge in [-0.25, -0.2) is 4.39 Å². The molecule has 0 spiro atoms. The number of piperazine rings is 1. The van der Waals surface area contributed by atoms with Gasteiger partial charge in [-0.2, -0.15) is 0 Å². The van der Waals surface area contributed by atoms with Crippen molar-refractivity contribution in [2.24, 2.45) is 11.7 Å². The van der Waals surface area contributed by atoms with Crippen LogP contribution in [-0.4, -0.2) is 53.8 Å². The smallest absolute Gasteiger partial charge is 0.256 e. The normalized spacial score (nSPS) is 23.8. The van der Waals surface area contributed by atoms with Crippen LogP contribution < -0.4 is 5.73 Å². The molecule has 1 heterocycles. The minimum Gasteiger partial charge on any atom is -0.339 e. The third kappa shape index (κ3) is 4.12. The van der Waals surface area contributed by atoms with Crippen LogP contribution in [0.15, 0.2) is 18.2 Å². The van der Waals surface area contributed by atoms with Gasteiger partial charge in [0.2, 0.25) is 5.91 Å². The van der Waals surface area contributed by atoms with E-state index >= 15 is 0 Å². The van der Waals surface area contributed by atoms with Gasteiger partial charge in [-0.3, -0.25) is 9.59 Å². The lowest BCUT2D eigenvalue weighted by atomic mass is 9.99. The zero-order valence-electron chi connectivity index (χ0n) is 14.1. The Labute approximate surface area is 151 Å². The second-order valence-electron chi connectivity index (χ2n) is 6.86. The maximum atomic E-state index is 13.9. The molecular weight excluding hydrogens is 345 g/mol. The summed E-state index contributed by atoms with van der Waals surface area (Å²) in [7, 11) is 0. The summed E-state index contributed by atoms with van der Waals surface area (Å²) in [6.45, 7) is 1.76. The molecule has 2 atom stereocenters. The van der Waals surface area contributed by atoms with Gasteiger partial charge in [0.1, 0.15) is 5.82 Å². The van der Waals surface area contributed by atoms with Crippen molar-refractivity contribution in [2.75, 3.05) is 26.2 Å². The Morgan fingerprint density at radius 3 is 2.44 bits per heavy atom. The molecule has 1 aromatic rings. The fraction of sp³-hybridized carbons (Fsp3) is 0.556. The highest BCUT2D eigenvalue weighted by atomic mass is 35.5. The van der Waals surface area contributed by atoms with Crippen LogP contribution >= 0.6 is 11.6 Å². The number of rotatable bonds is 3. The summed E-state index contributed by atoms with van der Waals surface area (Å²) in [4.78, 5) is 28.2. The van der Waals surface area contributed by atoms with Crippen molar-refractivity contribution >= 4 is 23.4 Å². The first kappa shape index (κ1) is 18.1. The third-order valence-corrected chi connectivity index (χ3v) is 5.47. The summed E-state index contributed by atoms with van der Waals surface area (Å²) in [5.41, 5.74) is 6.05. The highest BCUT2D eigenvalue weighted by Gasteiger charge is 2.30. The molecule has 1 saturated heterocycles. The van der Waals surface area contributed by atoms with Crippen molar-refractivity contribution in [3.05, 3.63) is 34.6 Å². The van der Waals surface area contributed by atoms with E-state index in [1.165, 1.54) is 12.1 Å². The lowest BCUT2D eigenvalue weighted by molar-refractivity contribution is -0.133. The molecule has 7 heteroatoms. The van der Waals surface area contributed by atoms with Gasteiger partial charge in [-0.05, 0) is 37.0 Å². The minimum atomic E-state index is -0.619. The zero-order chi connectivity index (χ0) is 18.0. The molecule has 1 aliphatic heterocycles. The predicted octanol–water partition coefficient (Wildman–Crippen LogP) is 2.28. The van der Waals surface area contributed by atoms with Crippen molar-refractivity contribution in [1.29, 1.82) is 0 Å². The highest BCUT2D eigenvalue weighted by molar-refractivity contribution is 6.30. The first-order chi connectivity index (χ1) is 12.0. The van der Waals surface area contributed by atoms with Gasteiger partial charge in [0.15, 0.2) is 0 Å². The van der Waals surface area contributed by atoms with E-state index in [1.54, 1.807) is 9.80 Å². The van der Waals surface area contributed by atoms with Gasteiger partial charge < -0.3 is 15.5 Å². The summed E-state index contributed by atoms with van der Waals surface area (Å²) >= 11 is 5.72. The van der Waals surface area contributed by atoms with Crippen LogP contribution in [0.4, 0.5) is 4.39 Å². The van der Waals surface area contributed by atoms with Gasteiger partial charge >= 0.3 is 0 Å². The van der Waals surface area contributed by atoms with Crippen LogP contribution in [0.5, 0.6) is 0 Å². The lowest BCUT2D eigenvalue weighted by Crippen LogP contribution is -2.51. The second kappa shape index (κ2) is 7.70. The van der Waals surface area contributed by atoms with Crippen LogP contribution in [0.1, 0.15) is 36.0 Å². The lowest BCUT2D eigenvalue weighted by Gasteiger charge is -2.35. The van der Waals surface area contributed by atoms with E-state index in [-0.39, 0.29) is 34.4 Å². The Morgan fingerprint density at radius 1 is 1.16 bits per heavy atom. The second-order valence-corrected chi connectivity index (χ2v) is 7.29. The van der Waals surface area contributed by atoms with Gasteiger partial charge in [-0.1, -0.05) is 18.0 Å². The Balaban J connectivity index is 1.54. The number of amides is 2. The molecular formula is C18H23ClFN3O2. The first-order valence-electron chi connectivity index (χ1n) is 8.73. The molecule has 25 heavy (non-hydrogen) atoms. The monoisotopic (exact) mass is 367 g/mol. The number of benzene rings is 1. The summed E-state index contributed by atoms with van der Waals surface area (Å²) < 4.78 is 13.9. The molecule has 136 valence electrons. The van der Waals surface area contributed by atoms with Crippen molar-refractivity contribution in [3.8, 4) is 0 Å². The maximum absolute atomic E-state index is 13.9. The van der Waals surface area contributed by atoms with Crippen LogP contribution in [0.25, 0.3) is 0 Å². The standard InChI is InChI=1S/C18H23ClFN3O2/c19-13-4-5-14(15(20)11-13)18(25)23-8-6-22(7-9-23)17(24)10-12-2-1-3-16(12)21/h4-5,11-12,16H,1-3,6-10,21H2/t12-,16+/m0/s1. The molecule has 0 aromatic heterocycles. The highest BCUT2D eigenvalue weighted by Crippen LogP contribution is 2.27. The van der Waals surface area contributed by atoms with Crippen LogP contribution in [0.2, 0.25) is 5.02 Å². The van der Waals surface area contributed by atoms with Gasteiger partial charge in [0, 0.05) is 43.7 Å². The number of hydrogen-bond donors (Lipinski definition) is 1. The summed E-state index contributed by atoms with van der Waals surface area (Å²) in [6, 6.07) is 4.17. The SMILES string of the molecule is N[C@@H]1CCC[C@H]1CC(=O)N1CCN(C(=O)c2ccc(Cl)cc2F)CC1. The molecule has 2 N–H and O–H groups in total. The van der Waals surface area contributed by atoms with E-state index in [1.807, 2.05) is 0 Å². The minimum absolute atomic E-state index is 0.0149.